The number of rotatable bonds is 4. The van der Waals surface area contributed by atoms with Gasteiger partial charge < -0.3 is 4.90 Å². The third kappa shape index (κ3) is 3.65. The lowest BCUT2D eigenvalue weighted by Crippen LogP contribution is -2.30. The van der Waals surface area contributed by atoms with E-state index in [0.29, 0.717) is 17.4 Å². The fourth-order valence-electron chi connectivity index (χ4n) is 1.56. The molecule has 0 fully saturated rings. The number of hydrogen-bond acceptors (Lipinski definition) is 4. The lowest BCUT2D eigenvalue weighted by molar-refractivity contribution is 0.0748. The van der Waals surface area contributed by atoms with E-state index < -0.39 is 0 Å². The van der Waals surface area contributed by atoms with E-state index in [1.165, 1.54) is 23.7 Å². The number of halogens is 2. The maximum absolute atomic E-state index is 12.3. The van der Waals surface area contributed by atoms with Gasteiger partial charge in [0, 0.05) is 11.4 Å². The highest BCUT2D eigenvalue weighted by molar-refractivity contribution is 7.16. The zero-order valence-electron chi connectivity index (χ0n) is 10.1. The molecule has 4 nitrogen and oxygen atoms in total. The SMILES string of the molecule is CCN(Cc1ccc(Cl)s1)C(=O)c1cncc(Cl)n1. The van der Waals surface area contributed by atoms with Gasteiger partial charge >= 0.3 is 0 Å². The number of thiophene rings is 1. The van der Waals surface area contributed by atoms with Crippen LogP contribution < -0.4 is 0 Å². The van der Waals surface area contributed by atoms with Gasteiger partial charge in [-0.2, -0.15) is 0 Å². The molecule has 1 amide bonds. The summed E-state index contributed by atoms with van der Waals surface area (Å²) in [4.78, 5) is 22.8. The molecule has 0 atom stereocenters. The number of carbonyl (C=O) groups excluding carboxylic acids is 1. The summed E-state index contributed by atoms with van der Waals surface area (Å²) in [6, 6.07) is 3.73. The number of amides is 1. The average molecular weight is 316 g/mol. The van der Waals surface area contributed by atoms with Gasteiger partial charge in [-0.25, -0.2) is 4.98 Å². The number of carbonyl (C=O) groups is 1. The van der Waals surface area contributed by atoms with Crippen LogP contribution in [0.5, 0.6) is 0 Å². The van der Waals surface area contributed by atoms with Gasteiger partial charge in [0.15, 0.2) is 0 Å². The molecule has 0 aliphatic heterocycles. The molecule has 0 spiro atoms. The third-order valence-electron chi connectivity index (χ3n) is 2.47. The van der Waals surface area contributed by atoms with Crippen LogP contribution in [-0.4, -0.2) is 27.3 Å². The first-order chi connectivity index (χ1) is 9.10. The second-order valence-electron chi connectivity index (χ2n) is 3.75. The molecule has 0 aliphatic carbocycles. The highest BCUT2D eigenvalue weighted by Crippen LogP contribution is 2.23. The van der Waals surface area contributed by atoms with Crippen molar-refractivity contribution in [2.45, 2.75) is 13.5 Å². The van der Waals surface area contributed by atoms with Gasteiger partial charge in [0.1, 0.15) is 10.8 Å². The first-order valence-corrected chi connectivity index (χ1v) is 7.18. The zero-order chi connectivity index (χ0) is 13.8. The van der Waals surface area contributed by atoms with Crippen LogP contribution in [0.25, 0.3) is 0 Å². The first kappa shape index (κ1) is 14.2. The Hall–Kier alpha value is -1.17. The van der Waals surface area contributed by atoms with Crippen molar-refractivity contribution in [1.29, 1.82) is 0 Å². The average Bonchev–Trinajstić information content (AvgIpc) is 2.81. The summed E-state index contributed by atoms with van der Waals surface area (Å²) >= 11 is 13.1. The van der Waals surface area contributed by atoms with Crippen molar-refractivity contribution in [1.82, 2.24) is 14.9 Å². The zero-order valence-corrected chi connectivity index (χ0v) is 12.5. The van der Waals surface area contributed by atoms with E-state index in [2.05, 4.69) is 9.97 Å². The van der Waals surface area contributed by atoms with E-state index >= 15 is 0 Å². The number of hydrogen-bond donors (Lipinski definition) is 0. The fourth-order valence-corrected chi connectivity index (χ4v) is 2.81. The molecule has 0 N–H and O–H groups in total. The summed E-state index contributed by atoms with van der Waals surface area (Å²) in [7, 11) is 0. The van der Waals surface area contributed by atoms with Gasteiger partial charge in [-0.3, -0.25) is 9.78 Å². The summed E-state index contributed by atoms with van der Waals surface area (Å²) in [5, 5.41) is 0.209. The predicted molar refractivity (Wildman–Crippen MR) is 76.8 cm³/mol. The molecule has 0 radical (unpaired) electrons. The van der Waals surface area contributed by atoms with E-state index in [1.54, 1.807) is 4.90 Å². The quantitative estimate of drug-likeness (QED) is 0.867. The van der Waals surface area contributed by atoms with Crippen LogP contribution in [0.2, 0.25) is 9.49 Å². The lowest BCUT2D eigenvalue weighted by atomic mass is 10.3. The molecule has 0 saturated heterocycles. The van der Waals surface area contributed by atoms with Gasteiger partial charge in [0.25, 0.3) is 5.91 Å². The summed E-state index contributed by atoms with van der Waals surface area (Å²) < 4.78 is 0.709. The van der Waals surface area contributed by atoms with E-state index in [-0.39, 0.29) is 16.8 Å². The minimum atomic E-state index is -0.193. The van der Waals surface area contributed by atoms with Crippen LogP contribution in [0.15, 0.2) is 24.5 Å². The highest BCUT2D eigenvalue weighted by Gasteiger charge is 2.17. The Morgan fingerprint density at radius 1 is 1.37 bits per heavy atom. The summed E-state index contributed by atoms with van der Waals surface area (Å²) in [6.07, 6.45) is 2.81. The first-order valence-electron chi connectivity index (χ1n) is 5.61. The molecular formula is C12H11Cl2N3OS. The Labute approximate surface area is 125 Å². The molecule has 0 unspecified atom stereocenters. The highest BCUT2D eigenvalue weighted by atomic mass is 35.5. The van der Waals surface area contributed by atoms with Crippen LogP contribution in [-0.2, 0) is 6.54 Å². The van der Waals surface area contributed by atoms with E-state index in [4.69, 9.17) is 23.2 Å². The summed E-state index contributed by atoms with van der Waals surface area (Å²) in [5.74, 6) is -0.193. The van der Waals surface area contributed by atoms with Crippen molar-refractivity contribution >= 4 is 40.4 Å². The van der Waals surface area contributed by atoms with E-state index in [9.17, 15) is 4.79 Å². The molecule has 100 valence electrons. The molecule has 0 aliphatic rings. The third-order valence-corrected chi connectivity index (χ3v) is 3.87. The fraction of sp³-hybridized carbons (Fsp3) is 0.250. The normalized spacial score (nSPS) is 10.5. The summed E-state index contributed by atoms with van der Waals surface area (Å²) in [6.45, 7) is 2.98. The van der Waals surface area contributed by atoms with Gasteiger partial charge in [-0.1, -0.05) is 23.2 Å². The van der Waals surface area contributed by atoms with Crippen LogP contribution in [0.1, 0.15) is 22.3 Å². The molecule has 2 rings (SSSR count). The summed E-state index contributed by atoms with van der Waals surface area (Å²) in [5.41, 5.74) is 0.247. The standard InChI is InChI=1S/C12H11Cl2N3OS/c1-2-17(7-8-3-4-11(14)19-8)12(18)9-5-15-6-10(13)16-9/h3-6H,2,7H2,1H3. The lowest BCUT2D eigenvalue weighted by Gasteiger charge is -2.19. The molecule has 2 heterocycles. The van der Waals surface area contributed by atoms with Crippen molar-refractivity contribution < 1.29 is 4.79 Å². The van der Waals surface area contributed by atoms with Crippen LogP contribution in [0.3, 0.4) is 0 Å². The second kappa shape index (κ2) is 6.32. The molecule has 0 aromatic carbocycles. The largest absolute Gasteiger partial charge is 0.332 e. The Morgan fingerprint density at radius 2 is 2.16 bits per heavy atom. The van der Waals surface area contributed by atoms with Gasteiger partial charge in [0.05, 0.1) is 23.3 Å². The maximum atomic E-state index is 12.3. The maximum Gasteiger partial charge on any atom is 0.274 e. The van der Waals surface area contributed by atoms with Crippen molar-refractivity contribution in [3.8, 4) is 0 Å². The molecule has 0 bridgehead atoms. The Kier molecular flexibility index (Phi) is 4.74. The number of aromatic nitrogens is 2. The monoisotopic (exact) mass is 315 g/mol. The van der Waals surface area contributed by atoms with Gasteiger partial charge in [-0.15, -0.1) is 11.3 Å². The smallest absolute Gasteiger partial charge is 0.274 e. The number of nitrogens with zero attached hydrogens (tertiary/aromatic N) is 3. The minimum Gasteiger partial charge on any atom is -0.332 e. The predicted octanol–water partition coefficient (Wildman–Crippen LogP) is 3.51. The van der Waals surface area contributed by atoms with E-state index in [1.807, 2.05) is 19.1 Å². The van der Waals surface area contributed by atoms with Crippen LogP contribution in [0, 0.1) is 0 Å². The van der Waals surface area contributed by atoms with Gasteiger partial charge in [0.2, 0.25) is 0 Å². The van der Waals surface area contributed by atoms with Crippen molar-refractivity contribution in [3.63, 3.8) is 0 Å². The molecule has 2 aromatic rings. The van der Waals surface area contributed by atoms with Crippen LogP contribution >= 0.6 is 34.5 Å². The second-order valence-corrected chi connectivity index (χ2v) is 5.94. The molecule has 7 heteroatoms. The molecule has 2 aromatic heterocycles. The van der Waals surface area contributed by atoms with Crippen molar-refractivity contribution in [3.05, 3.63) is 44.6 Å². The molecule has 19 heavy (non-hydrogen) atoms. The minimum absolute atomic E-state index is 0.193. The Morgan fingerprint density at radius 3 is 2.74 bits per heavy atom. The molecule has 0 saturated carbocycles. The van der Waals surface area contributed by atoms with E-state index in [0.717, 1.165) is 4.88 Å². The van der Waals surface area contributed by atoms with Gasteiger partial charge in [-0.05, 0) is 19.1 Å². The van der Waals surface area contributed by atoms with Crippen molar-refractivity contribution in [2.24, 2.45) is 0 Å². The Bertz CT molecular complexity index is 588. The van der Waals surface area contributed by atoms with Crippen molar-refractivity contribution in [2.75, 3.05) is 6.54 Å². The van der Waals surface area contributed by atoms with Crippen LogP contribution in [0.4, 0.5) is 0 Å². The topological polar surface area (TPSA) is 46.1 Å². The Balaban J connectivity index is 2.15. The molecular weight excluding hydrogens is 305 g/mol.